The molecule has 0 radical (unpaired) electrons. The number of methoxy groups -OCH3 is 1. The van der Waals surface area contributed by atoms with Crippen LogP contribution in [0.15, 0.2) is 59.4 Å². The summed E-state index contributed by atoms with van der Waals surface area (Å²) in [7, 11) is 1.34. The number of nitrogens with one attached hydrogen (secondary N) is 2. The Morgan fingerprint density at radius 3 is 2.47 bits per heavy atom. The maximum absolute atomic E-state index is 12.3. The number of esters is 1. The molecule has 9 heteroatoms. The minimum absolute atomic E-state index is 0.200. The highest BCUT2D eigenvalue weighted by molar-refractivity contribution is 5.99. The molecule has 2 N–H and O–H groups in total. The van der Waals surface area contributed by atoms with Crippen LogP contribution in [0.3, 0.4) is 0 Å². The summed E-state index contributed by atoms with van der Waals surface area (Å²) in [5.74, 6) is 0.607. The predicted molar refractivity (Wildman–Crippen MR) is 120 cm³/mol. The quantitative estimate of drug-likeness (QED) is 0.451. The number of nitrogens with zero attached hydrogens (tertiary/aromatic N) is 3. The van der Waals surface area contributed by atoms with Gasteiger partial charge in [-0.25, -0.2) is 14.6 Å². The average Bonchev–Trinajstić information content (AvgIpc) is 3.40. The highest BCUT2D eigenvalue weighted by atomic mass is 16.5. The van der Waals surface area contributed by atoms with Crippen LogP contribution < -0.4 is 10.6 Å². The number of carbonyl (C=O) groups is 2. The normalized spacial score (nSPS) is 11.4. The third kappa shape index (κ3) is 4.31. The van der Waals surface area contributed by atoms with Gasteiger partial charge in [-0.05, 0) is 24.3 Å². The Morgan fingerprint density at radius 2 is 1.81 bits per heavy atom. The maximum Gasteiger partial charge on any atom is 0.339 e. The molecule has 0 atom stereocenters. The Labute approximate surface area is 184 Å². The van der Waals surface area contributed by atoms with E-state index in [-0.39, 0.29) is 5.41 Å². The fraction of sp³-hybridized carbons (Fsp3) is 0.217. The van der Waals surface area contributed by atoms with Gasteiger partial charge >= 0.3 is 12.0 Å². The molecule has 32 heavy (non-hydrogen) atoms. The van der Waals surface area contributed by atoms with E-state index in [4.69, 9.17) is 9.26 Å². The number of ether oxygens (including phenoxy) is 1. The molecule has 2 amide bonds. The summed E-state index contributed by atoms with van der Waals surface area (Å²) in [6.07, 6.45) is 3.41. The lowest BCUT2D eigenvalue weighted by Gasteiger charge is -2.12. The first-order valence-electron chi connectivity index (χ1n) is 9.95. The first kappa shape index (κ1) is 21.1. The van der Waals surface area contributed by atoms with E-state index in [1.807, 2.05) is 37.3 Å². The van der Waals surface area contributed by atoms with Crippen molar-refractivity contribution in [2.24, 2.45) is 0 Å². The molecule has 0 aliphatic heterocycles. The van der Waals surface area contributed by atoms with Crippen molar-refractivity contribution in [2.75, 3.05) is 17.7 Å². The molecule has 4 aromatic rings. The standard InChI is InChI=1S/C23H23N5O4/c1-23(2,3)18-11-19(27-32-18)26-22(30)25-16-8-5-14(6-9-16)17-12-24-20-10-7-15(13-28(17)20)21(29)31-4/h5-13H,1-4H3,(H2,25,26,27,30). The summed E-state index contributed by atoms with van der Waals surface area (Å²) in [4.78, 5) is 28.5. The topological polar surface area (TPSA) is 111 Å². The van der Waals surface area contributed by atoms with Crippen molar-refractivity contribution in [3.05, 3.63) is 66.2 Å². The molecule has 3 heterocycles. The average molecular weight is 433 g/mol. The minimum atomic E-state index is -0.427. The van der Waals surface area contributed by atoms with Crippen molar-refractivity contribution in [3.8, 4) is 11.3 Å². The molecule has 164 valence electrons. The van der Waals surface area contributed by atoms with Crippen molar-refractivity contribution in [2.45, 2.75) is 26.2 Å². The lowest BCUT2D eigenvalue weighted by Crippen LogP contribution is -2.19. The smallest absolute Gasteiger partial charge is 0.339 e. The van der Waals surface area contributed by atoms with Gasteiger partial charge in [0.25, 0.3) is 0 Å². The van der Waals surface area contributed by atoms with Gasteiger partial charge in [-0.1, -0.05) is 38.1 Å². The Morgan fingerprint density at radius 1 is 1.06 bits per heavy atom. The fourth-order valence-electron chi connectivity index (χ4n) is 3.12. The first-order valence-corrected chi connectivity index (χ1v) is 9.95. The van der Waals surface area contributed by atoms with Crippen LogP contribution >= 0.6 is 0 Å². The van der Waals surface area contributed by atoms with Crippen LogP contribution in [0.2, 0.25) is 0 Å². The molecule has 0 saturated heterocycles. The Kier molecular flexibility index (Phi) is 5.40. The summed E-state index contributed by atoms with van der Waals surface area (Å²) < 4.78 is 11.9. The van der Waals surface area contributed by atoms with Crippen LogP contribution in [-0.2, 0) is 10.2 Å². The summed E-state index contributed by atoms with van der Waals surface area (Å²) in [5.41, 5.74) is 3.22. The lowest BCUT2D eigenvalue weighted by atomic mass is 9.93. The number of carbonyl (C=O) groups excluding carboxylic acids is 2. The maximum atomic E-state index is 12.3. The second kappa shape index (κ2) is 8.18. The molecule has 0 saturated carbocycles. The highest BCUT2D eigenvalue weighted by Crippen LogP contribution is 2.25. The van der Waals surface area contributed by atoms with Gasteiger partial charge in [-0.3, -0.25) is 9.72 Å². The molecule has 0 bridgehead atoms. The van der Waals surface area contributed by atoms with Crippen LogP contribution in [0.4, 0.5) is 16.3 Å². The number of imidazole rings is 1. The van der Waals surface area contributed by atoms with E-state index in [0.29, 0.717) is 28.5 Å². The number of pyridine rings is 1. The van der Waals surface area contributed by atoms with Gasteiger partial charge in [0.1, 0.15) is 11.4 Å². The van der Waals surface area contributed by atoms with E-state index < -0.39 is 12.0 Å². The van der Waals surface area contributed by atoms with E-state index in [0.717, 1.165) is 11.3 Å². The number of aromatic nitrogens is 3. The molecule has 3 aromatic heterocycles. The molecule has 0 aliphatic carbocycles. The molecule has 0 fully saturated rings. The van der Waals surface area contributed by atoms with Crippen LogP contribution in [-0.4, -0.2) is 33.7 Å². The summed E-state index contributed by atoms with van der Waals surface area (Å²) in [6.45, 7) is 6.00. The number of urea groups is 1. The van der Waals surface area contributed by atoms with E-state index in [1.54, 1.807) is 42.7 Å². The van der Waals surface area contributed by atoms with E-state index in [9.17, 15) is 9.59 Å². The van der Waals surface area contributed by atoms with Gasteiger partial charge in [0.05, 0.1) is 24.6 Å². The number of rotatable bonds is 4. The number of benzene rings is 1. The summed E-state index contributed by atoms with van der Waals surface area (Å²) in [6, 6.07) is 12.0. The second-order valence-electron chi connectivity index (χ2n) is 8.26. The third-order valence-electron chi connectivity index (χ3n) is 4.86. The van der Waals surface area contributed by atoms with E-state index >= 15 is 0 Å². The SMILES string of the molecule is COC(=O)c1ccc2ncc(-c3ccc(NC(=O)Nc4cc(C(C)(C)C)on4)cc3)n2c1. The zero-order valence-electron chi connectivity index (χ0n) is 18.2. The van der Waals surface area contributed by atoms with Crippen LogP contribution in [0.25, 0.3) is 16.9 Å². The van der Waals surface area contributed by atoms with Crippen molar-refractivity contribution >= 4 is 29.2 Å². The predicted octanol–water partition coefficient (Wildman–Crippen LogP) is 4.72. The van der Waals surface area contributed by atoms with Gasteiger partial charge in [0.2, 0.25) is 0 Å². The number of hydrogen-bond acceptors (Lipinski definition) is 6. The highest BCUT2D eigenvalue weighted by Gasteiger charge is 2.20. The third-order valence-corrected chi connectivity index (χ3v) is 4.86. The number of anilines is 2. The van der Waals surface area contributed by atoms with Gasteiger partial charge in [-0.2, -0.15) is 0 Å². The van der Waals surface area contributed by atoms with Crippen molar-refractivity contribution in [1.82, 2.24) is 14.5 Å². The zero-order chi connectivity index (χ0) is 22.9. The minimum Gasteiger partial charge on any atom is -0.465 e. The molecule has 4 rings (SSSR count). The molecular weight excluding hydrogens is 410 g/mol. The Bertz CT molecular complexity index is 1280. The van der Waals surface area contributed by atoms with Gasteiger partial charge in [-0.15, -0.1) is 0 Å². The van der Waals surface area contributed by atoms with Gasteiger partial charge in [0, 0.05) is 28.9 Å². The van der Waals surface area contributed by atoms with Gasteiger partial charge < -0.3 is 14.6 Å². The molecule has 0 unspecified atom stereocenters. The van der Waals surface area contributed by atoms with Crippen molar-refractivity contribution in [3.63, 3.8) is 0 Å². The Hall–Kier alpha value is -4.14. The second-order valence-corrected chi connectivity index (χ2v) is 8.26. The summed E-state index contributed by atoms with van der Waals surface area (Å²) >= 11 is 0. The number of amides is 2. The molecule has 1 aromatic carbocycles. The van der Waals surface area contributed by atoms with Crippen molar-refractivity contribution in [1.29, 1.82) is 0 Å². The monoisotopic (exact) mass is 433 g/mol. The number of hydrogen-bond donors (Lipinski definition) is 2. The molecule has 9 nitrogen and oxygen atoms in total. The van der Waals surface area contributed by atoms with Gasteiger partial charge in [0.15, 0.2) is 5.82 Å². The molecule has 0 aliphatic rings. The largest absolute Gasteiger partial charge is 0.465 e. The lowest BCUT2D eigenvalue weighted by molar-refractivity contribution is 0.0600. The zero-order valence-corrected chi connectivity index (χ0v) is 18.2. The Balaban J connectivity index is 1.48. The van der Waals surface area contributed by atoms with E-state index in [2.05, 4.69) is 20.8 Å². The van der Waals surface area contributed by atoms with Crippen molar-refractivity contribution < 1.29 is 18.8 Å². The number of fused-ring (bicyclic) bond motifs is 1. The molecule has 0 spiro atoms. The van der Waals surface area contributed by atoms with Crippen LogP contribution in [0.5, 0.6) is 0 Å². The van der Waals surface area contributed by atoms with Crippen LogP contribution in [0.1, 0.15) is 36.9 Å². The van der Waals surface area contributed by atoms with E-state index in [1.165, 1.54) is 7.11 Å². The fourth-order valence-corrected chi connectivity index (χ4v) is 3.12. The summed E-state index contributed by atoms with van der Waals surface area (Å²) in [5, 5.41) is 9.30. The molecular formula is C23H23N5O4. The van der Waals surface area contributed by atoms with Crippen LogP contribution in [0, 0.1) is 0 Å². The first-order chi connectivity index (χ1) is 15.2.